The smallest absolute Gasteiger partial charge is 0.294 e. The number of carbonyl (C=O) groups is 2. The topological polar surface area (TPSA) is 79.1 Å². The second kappa shape index (κ2) is 8.65. The number of pyridine rings is 1. The standard InChI is InChI=1S/C24H22Cl2N4O3/c1-13(2)20-18(23(32)30(27-20)15-8-9-16(25)17(26)12-15)19-21(28-10-6-5-7-11-28)24(33)29(14(3)4)22(19)31/h5-14H,1-4H3/p+1. The van der Waals surface area contributed by atoms with Crippen molar-refractivity contribution in [3.63, 3.8) is 0 Å². The largest absolute Gasteiger partial charge is 0.327 e. The van der Waals surface area contributed by atoms with Gasteiger partial charge in [0, 0.05) is 23.9 Å². The summed E-state index contributed by atoms with van der Waals surface area (Å²) < 4.78 is 2.90. The van der Waals surface area contributed by atoms with Crippen LogP contribution in [0.15, 0.2) is 53.6 Å². The second-order valence-electron chi connectivity index (χ2n) is 8.37. The fourth-order valence-electron chi connectivity index (χ4n) is 3.94. The van der Waals surface area contributed by atoms with E-state index in [0.717, 1.165) is 0 Å². The molecule has 0 radical (unpaired) electrons. The van der Waals surface area contributed by atoms with E-state index in [-0.39, 0.29) is 28.8 Å². The zero-order valence-corrected chi connectivity index (χ0v) is 20.1. The van der Waals surface area contributed by atoms with E-state index in [1.165, 1.54) is 9.58 Å². The lowest BCUT2D eigenvalue weighted by atomic mass is 9.98. The number of nitrogens with zero attached hydrogens (tertiary/aromatic N) is 3. The van der Waals surface area contributed by atoms with E-state index in [1.54, 1.807) is 61.1 Å². The van der Waals surface area contributed by atoms with Crippen LogP contribution < -0.4 is 10.1 Å². The van der Waals surface area contributed by atoms with Crippen molar-refractivity contribution < 1.29 is 14.2 Å². The van der Waals surface area contributed by atoms with Gasteiger partial charge in [0.25, 0.3) is 17.2 Å². The summed E-state index contributed by atoms with van der Waals surface area (Å²) in [7, 11) is 0. The third kappa shape index (κ3) is 3.81. The van der Waals surface area contributed by atoms with E-state index in [2.05, 4.69) is 5.10 Å². The molecule has 170 valence electrons. The van der Waals surface area contributed by atoms with E-state index in [1.807, 2.05) is 19.9 Å². The third-order valence-electron chi connectivity index (χ3n) is 5.49. The van der Waals surface area contributed by atoms with Gasteiger partial charge in [-0.15, -0.1) is 0 Å². The molecule has 0 saturated carbocycles. The first-order chi connectivity index (χ1) is 15.6. The quantitative estimate of drug-likeness (QED) is 0.437. The summed E-state index contributed by atoms with van der Waals surface area (Å²) in [4.78, 5) is 41.8. The molecule has 1 aliphatic rings. The molecule has 0 spiro atoms. The summed E-state index contributed by atoms with van der Waals surface area (Å²) in [5.41, 5.74) is 0.954. The highest BCUT2D eigenvalue weighted by atomic mass is 35.5. The highest BCUT2D eigenvalue weighted by molar-refractivity contribution is 6.44. The van der Waals surface area contributed by atoms with Crippen LogP contribution in [0.1, 0.15) is 44.9 Å². The molecule has 1 N–H and O–H groups in total. The molecule has 0 saturated heterocycles. The molecule has 0 atom stereocenters. The fourth-order valence-corrected chi connectivity index (χ4v) is 4.23. The molecule has 0 fully saturated rings. The third-order valence-corrected chi connectivity index (χ3v) is 6.23. The zero-order valence-electron chi connectivity index (χ0n) is 18.6. The van der Waals surface area contributed by atoms with Crippen LogP contribution in [-0.4, -0.2) is 32.5 Å². The Morgan fingerprint density at radius 1 is 0.909 bits per heavy atom. The Morgan fingerprint density at radius 2 is 1.58 bits per heavy atom. The summed E-state index contributed by atoms with van der Waals surface area (Å²) in [6, 6.07) is 9.77. The Morgan fingerprint density at radius 3 is 2.15 bits per heavy atom. The van der Waals surface area contributed by atoms with Crippen molar-refractivity contribution in [1.82, 2.24) is 14.7 Å². The van der Waals surface area contributed by atoms with Gasteiger partial charge in [-0.1, -0.05) is 43.1 Å². The number of amides is 2. The molecule has 0 unspecified atom stereocenters. The van der Waals surface area contributed by atoms with Gasteiger partial charge >= 0.3 is 5.91 Å². The maximum atomic E-state index is 13.7. The molecule has 2 amide bonds. The number of hydrogen-bond donors (Lipinski definition) is 1. The maximum Gasteiger partial charge on any atom is 0.327 e. The van der Waals surface area contributed by atoms with Crippen LogP contribution in [0, 0.1) is 0 Å². The van der Waals surface area contributed by atoms with Gasteiger partial charge in [0.05, 0.1) is 21.3 Å². The molecule has 0 aliphatic carbocycles. The first-order valence-corrected chi connectivity index (χ1v) is 11.3. The maximum absolute atomic E-state index is 13.7. The van der Waals surface area contributed by atoms with Crippen molar-refractivity contribution in [3.05, 3.63) is 80.4 Å². The Labute approximate surface area is 200 Å². The van der Waals surface area contributed by atoms with Crippen LogP contribution in [-0.2, 0) is 9.59 Å². The molecule has 33 heavy (non-hydrogen) atoms. The molecule has 7 nitrogen and oxygen atoms in total. The average Bonchev–Trinajstić information content (AvgIpc) is 3.23. The van der Waals surface area contributed by atoms with Crippen molar-refractivity contribution in [2.24, 2.45) is 0 Å². The van der Waals surface area contributed by atoms with Gasteiger partial charge in [-0.25, -0.2) is 4.68 Å². The average molecular weight is 486 g/mol. The number of imide groups is 1. The number of H-pyrrole nitrogens is 1. The molecule has 4 rings (SSSR count). The number of hydrogen-bond acceptors (Lipinski definition) is 3. The lowest BCUT2D eigenvalue weighted by molar-refractivity contribution is -0.576. The minimum absolute atomic E-state index is 0.0775. The number of halogens is 2. The van der Waals surface area contributed by atoms with Gasteiger partial charge in [-0.3, -0.25) is 24.4 Å². The summed E-state index contributed by atoms with van der Waals surface area (Å²) >= 11 is 12.2. The Bertz CT molecular complexity index is 1350. The summed E-state index contributed by atoms with van der Waals surface area (Å²) in [5.74, 6) is -1.08. The van der Waals surface area contributed by atoms with E-state index in [9.17, 15) is 14.4 Å². The molecule has 3 aromatic rings. The van der Waals surface area contributed by atoms with Crippen molar-refractivity contribution >= 4 is 46.3 Å². The molecular weight excluding hydrogens is 463 g/mol. The van der Waals surface area contributed by atoms with Crippen LogP contribution in [0.5, 0.6) is 0 Å². The van der Waals surface area contributed by atoms with Gasteiger partial charge in [0.15, 0.2) is 12.4 Å². The lowest BCUT2D eigenvalue weighted by Crippen LogP contribution is -2.42. The van der Waals surface area contributed by atoms with Crippen LogP contribution >= 0.6 is 23.2 Å². The summed E-state index contributed by atoms with van der Waals surface area (Å²) in [6.45, 7) is 7.34. The predicted octanol–water partition coefficient (Wildman–Crippen LogP) is 4.03. The molecular formula is C24H23Cl2N4O3+. The Hall–Kier alpha value is -3.16. The van der Waals surface area contributed by atoms with E-state index < -0.39 is 17.4 Å². The van der Waals surface area contributed by atoms with E-state index in [4.69, 9.17) is 23.2 Å². The van der Waals surface area contributed by atoms with Crippen molar-refractivity contribution in [1.29, 1.82) is 0 Å². The molecule has 0 bridgehead atoms. The van der Waals surface area contributed by atoms with Crippen LogP contribution in [0.4, 0.5) is 0 Å². The Kier molecular flexibility index (Phi) is 6.03. The SMILES string of the molecule is CC(C)c1[nH]n(-c2ccc(Cl)c(Cl)c2)c(=O)c1C1=C([n+]2ccccc2)C(=O)N(C(C)C)C1=O. The van der Waals surface area contributed by atoms with Gasteiger partial charge in [0.2, 0.25) is 0 Å². The number of carbonyl (C=O) groups excluding carboxylic acids is 2. The van der Waals surface area contributed by atoms with Gasteiger partial charge in [0.1, 0.15) is 5.57 Å². The molecule has 2 aromatic heterocycles. The highest BCUT2D eigenvalue weighted by Crippen LogP contribution is 2.33. The number of aromatic amines is 1. The molecule has 1 aliphatic heterocycles. The van der Waals surface area contributed by atoms with Crippen molar-refractivity contribution in [3.8, 4) is 5.69 Å². The summed E-state index contributed by atoms with van der Waals surface area (Å²) in [6.07, 6.45) is 3.37. The second-order valence-corrected chi connectivity index (χ2v) is 9.19. The predicted molar refractivity (Wildman–Crippen MR) is 127 cm³/mol. The normalized spacial score (nSPS) is 14.4. The highest BCUT2D eigenvalue weighted by Gasteiger charge is 2.48. The zero-order chi connectivity index (χ0) is 24.0. The lowest BCUT2D eigenvalue weighted by Gasteiger charge is -2.17. The fraction of sp³-hybridized carbons (Fsp3) is 0.250. The summed E-state index contributed by atoms with van der Waals surface area (Å²) in [5, 5.41) is 3.77. The minimum Gasteiger partial charge on any atom is -0.294 e. The first-order valence-electron chi connectivity index (χ1n) is 10.5. The minimum atomic E-state index is -0.499. The number of aromatic nitrogens is 3. The van der Waals surface area contributed by atoms with Gasteiger partial charge in [-0.2, -0.15) is 4.57 Å². The number of rotatable bonds is 5. The Balaban J connectivity index is 2.05. The van der Waals surface area contributed by atoms with E-state index >= 15 is 0 Å². The van der Waals surface area contributed by atoms with Crippen molar-refractivity contribution in [2.75, 3.05) is 0 Å². The first kappa shape index (κ1) is 23.0. The van der Waals surface area contributed by atoms with Crippen LogP contribution in [0.2, 0.25) is 10.0 Å². The van der Waals surface area contributed by atoms with Crippen molar-refractivity contribution in [2.45, 2.75) is 39.7 Å². The molecule has 9 heteroatoms. The van der Waals surface area contributed by atoms with Gasteiger partial charge in [-0.05, 0) is 38.0 Å². The van der Waals surface area contributed by atoms with E-state index in [0.29, 0.717) is 21.4 Å². The van der Waals surface area contributed by atoms with Crippen LogP contribution in [0.3, 0.4) is 0 Å². The molecule has 3 heterocycles. The number of benzene rings is 1. The monoisotopic (exact) mass is 485 g/mol. The molecule has 1 aromatic carbocycles. The van der Waals surface area contributed by atoms with Crippen LogP contribution in [0.25, 0.3) is 17.0 Å². The number of nitrogens with one attached hydrogen (secondary N) is 1. The van der Waals surface area contributed by atoms with Gasteiger partial charge < -0.3 is 0 Å².